The number of esters is 1. The molecule has 0 radical (unpaired) electrons. The fourth-order valence-electron chi connectivity index (χ4n) is 2.51. The van der Waals surface area contributed by atoms with Crippen LogP contribution in [0.3, 0.4) is 0 Å². The zero-order valence-electron chi connectivity index (χ0n) is 12.4. The van der Waals surface area contributed by atoms with Gasteiger partial charge in [0.05, 0.1) is 17.3 Å². The van der Waals surface area contributed by atoms with E-state index in [9.17, 15) is 4.79 Å². The molecule has 0 N–H and O–H groups in total. The van der Waals surface area contributed by atoms with Crippen LogP contribution in [0.25, 0.3) is 10.2 Å². The van der Waals surface area contributed by atoms with Crippen LogP contribution in [-0.4, -0.2) is 17.6 Å². The Balaban J connectivity index is 2.13. The van der Waals surface area contributed by atoms with Crippen molar-refractivity contribution in [3.8, 4) is 0 Å². The third-order valence-electron chi connectivity index (χ3n) is 3.67. The Hall–Kier alpha value is -1.78. The van der Waals surface area contributed by atoms with Crippen LogP contribution in [0.1, 0.15) is 27.9 Å². The Labute approximate surface area is 138 Å². The van der Waals surface area contributed by atoms with Gasteiger partial charge in [0.1, 0.15) is 5.69 Å². The lowest BCUT2D eigenvalue weighted by atomic mass is 10.2. The number of rotatable bonds is 4. The lowest BCUT2D eigenvalue weighted by Crippen LogP contribution is -2.11. The van der Waals surface area contributed by atoms with Gasteiger partial charge < -0.3 is 9.30 Å². The third-order valence-corrected chi connectivity index (χ3v) is 5.25. The molecule has 0 amide bonds. The molecule has 3 aromatic rings. The summed E-state index contributed by atoms with van der Waals surface area (Å²) in [4.78, 5) is 13.4. The summed E-state index contributed by atoms with van der Waals surface area (Å²) >= 11 is 7.98. The first kappa shape index (κ1) is 15.1. The second-order valence-corrected chi connectivity index (χ2v) is 6.59. The number of hydrogen-bond acceptors (Lipinski definition) is 3. The minimum Gasteiger partial charge on any atom is -0.464 e. The van der Waals surface area contributed by atoms with Crippen LogP contribution in [-0.2, 0) is 17.7 Å². The van der Waals surface area contributed by atoms with Crippen molar-refractivity contribution >= 4 is 39.1 Å². The van der Waals surface area contributed by atoms with Gasteiger partial charge >= 0.3 is 5.97 Å². The van der Waals surface area contributed by atoms with E-state index >= 15 is 0 Å². The molecule has 0 spiro atoms. The monoisotopic (exact) mass is 333 g/mol. The van der Waals surface area contributed by atoms with Crippen molar-refractivity contribution in [2.24, 2.45) is 0 Å². The zero-order valence-corrected chi connectivity index (χ0v) is 14.0. The highest BCUT2D eigenvalue weighted by Gasteiger charge is 2.18. The average molecular weight is 334 g/mol. The van der Waals surface area contributed by atoms with Gasteiger partial charge in [-0.3, -0.25) is 0 Å². The maximum atomic E-state index is 12.1. The lowest BCUT2D eigenvalue weighted by molar-refractivity contribution is 0.0589. The van der Waals surface area contributed by atoms with Gasteiger partial charge in [-0.15, -0.1) is 11.3 Å². The van der Waals surface area contributed by atoms with Crippen molar-refractivity contribution in [1.29, 1.82) is 0 Å². The number of thiophene rings is 1. The SMILES string of the molecule is CCc1cc2c(cc(C(=O)OC)n2Cc2ccccc2Cl)s1. The van der Waals surface area contributed by atoms with Crippen molar-refractivity contribution in [2.75, 3.05) is 7.11 Å². The number of halogens is 1. The van der Waals surface area contributed by atoms with Gasteiger partial charge in [0.25, 0.3) is 0 Å². The summed E-state index contributed by atoms with van der Waals surface area (Å²) in [6.07, 6.45) is 0.985. The minimum atomic E-state index is -0.325. The van der Waals surface area contributed by atoms with Gasteiger partial charge in [-0.2, -0.15) is 0 Å². The standard InChI is InChI=1S/C17H16ClNO2S/c1-3-12-8-14-16(22-12)9-15(17(20)21-2)19(14)10-11-6-4-5-7-13(11)18/h4-9H,3,10H2,1-2H3. The van der Waals surface area contributed by atoms with Crippen molar-refractivity contribution in [3.05, 3.63) is 57.6 Å². The number of ether oxygens (including phenoxy) is 1. The van der Waals surface area contributed by atoms with Gasteiger partial charge in [-0.05, 0) is 30.2 Å². The molecule has 0 aliphatic rings. The fraction of sp³-hybridized carbons (Fsp3) is 0.235. The van der Waals surface area contributed by atoms with E-state index in [2.05, 4.69) is 13.0 Å². The lowest BCUT2D eigenvalue weighted by Gasteiger charge is -2.10. The Morgan fingerprint density at radius 2 is 2.09 bits per heavy atom. The van der Waals surface area contributed by atoms with Gasteiger partial charge in [0.2, 0.25) is 0 Å². The van der Waals surface area contributed by atoms with Gasteiger partial charge in [0.15, 0.2) is 0 Å². The van der Waals surface area contributed by atoms with Crippen molar-refractivity contribution in [3.63, 3.8) is 0 Å². The van der Waals surface area contributed by atoms with E-state index in [4.69, 9.17) is 16.3 Å². The molecule has 0 aliphatic heterocycles. The average Bonchev–Trinajstić information content (AvgIpc) is 3.07. The molecule has 0 saturated heterocycles. The first-order chi connectivity index (χ1) is 10.6. The molecule has 2 heterocycles. The molecule has 3 rings (SSSR count). The quantitative estimate of drug-likeness (QED) is 0.645. The number of methoxy groups -OCH3 is 1. The van der Waals surface area contributed by atoms with E-state index in [0.717, 1.165) is 22.2 Å². The Bertz CT molecular complexity index is 834. The molecule has 0 saturated carbocycles. The molecular weight excluding hydrogens is 318 g/mol. The third kappa shape index (κ3) is 2.64. The number of hydrogen-bond donors (Lipinski definition) is 0. The molecule has 0 bridgehead atoms. The molecule has 0 fully saturated rings. The molecule has 5 heteroatoms. The zero-order chi connectivity index (χ0) is 15.7. The van der Waals surface area contributed by atoms with E-state index in [1.54, 1.807) is 11.3 Å². The van der Waals surface area contributed by atoms with Crippen LogP contribution in [0.4, 0.5) is 0 Å². The summed E-state index contributed by atoms with van der Waals surface area (Å²) in [5.74, 6) is -0.325. The molecule has 3 nitrogen and oxygen atoms in total. The number of fused-ring (bicyclic) bond motifs is 1. The van der Waals surface area contributed by atoms with Crippen LogP contribution >= 0.6 is 22.9 Å². The Kier molecular flexibility index (Phi) is 4.23. The fourth-order valence-corrected chi connectivity index (χ4v) is 3.75. The van der Waals surface area contributed by atoms with Crippen molar-refractivity contribution in [2.45, 2.75) is 19.9 Å². The summed E-state index contributed by atoms with van der Waals surface area (Å²) in [7, 11) is 1.40. The van der Waals surface area contributed by atoms with Gasteiger partial charge in [-0.1, -0.05) is 36.7 Å². The molecule has 0 atom stereocenters. The highest BCUT2D eigenvalue weighted by atomic mass is 35.5. The van der Waals surface area contributed by atoms with Crippen LogP contribution in [0, 0.1) is 0 Å². The van der Waals surface area contributed by atoms with Crippen LogP contribution in [0.15, 0.2) is 36.4 Å². The summed E-state index contributed by atoms with van der Waals surface area (Å²) < 4.78 is 8.00. The first-order valence-electron chi connectivity index (χ1n) is 7.07. The topological polar surface area (TPSA) is 31.2 Å². The summed E-state index contributed by atoms with van der Waals surface area (Å²) in [5.41, 5.74) is 2.60. The largest absolute Gasteiger partial charge is 0.464 e. The predicted molar refractivity (Wildman–Crippen MR) is 91.1 cm³/mol. The second-order valence-electron chi connectivity index (χ2n) is 5.01. The summed E-state index contributed by atoms with van der Waals surface area (Å²) in [6, 6.07) is 11.7. The van der Waals surface area contributed by atoms with Crippen LogP contribution < -0.4 is 0 Å². The van der Waals surface area contributed by atoms with E-state index in [1.807, 2.05) is 34.9 Å². The van der Waals surface area contributed by atoms with E-state index in [-0.39, 0.29) is 5.97 Å². The number of nitrogens with zero attached hydrogens (tertiary/aromatic N) is 1. The maximum absolute atomic E-state index is 12.1. The summed E-state index contributed by atoms with van der Waals surface area (Å²) in [5, 5.41) is 0.700. The smallest absolute Gasteiger partial charge is 0.354 e. The number of aromatic nitrogens is 1. The minimum absolute atomic E-state index is 0.325. The molecule has 22 heavy (non-hydrogen) atoms. The molecule has 0 unspecified atom stereocenters. The Morgan fingerprint density at radius 1 is 1.32 bits per heavy atom. The summed E-state index contributed by atoms with van der Waals surface area (Å²) in [6.45, 7) is 2.68. The van der Waals surface area contributed by atoms with Crippen molar-refractivity contribution < 1.29 is 9.53 Å². The molecule has 114 valence electrons. The van der Waals surface area contributed by atoms with Crippen molar-refractivity contribution in [1.82, 2.24) is 4.57 Å². The molecule has 2 aromatic heterocycles. The highest BCUT2D eigenvalue weighted by Crippen LogP contribution is 2.31. The normalized spacial score (nSPS) is 11.0. The van der Waals surface area contributed by atoms with Gasteiger partial charge in [-0.25, -0.2) is 4.79 Å². The molecule has 1 aromatic carbocycles. The van der Waals surface area contributed by atoms with Crippen LogP contribution in [0.2, 0.25) is 5.02 Å². The molecule has 0 aliphatic carbocycles. The number of carbonyl (C=O) groups excluding carboxylic acids is 1. The number of aryl methyl sites for hydroxylation is 1. The predicted octanol–water partition coefficient (Wildman–Crippen LogP) is 4.75. The molecular formula is C17H16ClNO2S. The second kappa shape index (κ2) is 6.15. The first-order valence-corrected chi connectivity index (χ1v) is 8.27. The van der Waals surface area contributed by atoms with E-state index in [1.165, 1.54) is 12.0 Å². The maximum Gasteiger partial charge on any atom is 0.354 e. The van der Waals surface area contributed by atoms with E-state index < -0.39 is 0 Å². The van der Waals surface area contributed by atoms with Crippen LogP contribution in [0.5, 0.6) is 0 Å². The van der Waals surface area contributed by atoms with Gasteiger partial charge in [0, 0.05) is 16.4 Å². The number of benzene rings is 1. The highest BCUT2D eigenvalue weighted by molar-refractivity contribution is 7.19. The van der Waals surface area contributed by atoms with E-state index in [0.29, 0.717) is 17.3 Å². The number of carbonyl (C=O) groups is 1. The Morgan fingerprint density at radius 3 is 2.77 bits per heavy atom.